The van der Waals surface area contributed by atoms with E-state index in [-0.39, 0.29) is 17.9 Å². The average molecular weight is 444 g/mol. The molecule has 2 amide bonds. The van der Waals surface area contributed by atoms with Crippen LogP contribution in [0.4, 0.5) is 9.18 Å². The molecule has 1 saturated carbocycles. The van der Waals surface area contributed by atoms with E-state index in [0.717, 1.165) is 49.4 Å². The Kier molecular flexibility index (Phi) is 7.46. The van der Waals surface area contributed by atoms with Gasteiger partial charge in [0.15, 0.2) is 0 Å². The molecule has 1 heterocycles. The minimum Gasteiger partial charge on any atom is -0.334 e. The van der Waals surface area contributed by atoms with Crippen LogP contribution in [-0.2, 0) is 13.0 Å². The predicted octanol–water partition coefficient (Wildman–Crippen LogP) is 5.15. The Morgan fingerprint density at radius 3 is 2.35 bits per heavy atom. The molecule has 1 aliphatic heterocycles. The van der Waals surface area contributed by atoms with Crippen LogP contribution in [0.2, 0.25) is 5.02 Å². The number of urea groups is 1. The molecular formula is C25H31ClFN3O. The lowest BCUT2D eigenvalue weighted by Crippen LogP contribution is -2.53. The molecule has 31 heavy (non-hydrogen) atoms. The van der Waals surface area contributed by atoms with Gasteiger partial charge in [0, 0.05) is 23.7 Å². The lowest BCUT2D eigenvalue weighted by Gasteiger charge is -2.38. The normalized spacial score (nSPS) is 22.4. The molecule has 0 radical (unpaired) electrons. The second kappa shape index (κ2) is 10.5. The van der Waals surface area contributed by atoms with E-state index < -0.39 is 0 Å². The number of likely N-dealkylation sites (tertiary alicyclic amines) is 1. The van der Waals surface area contributed by atoms with E-state index in [0.29, 0.717) is 18.5 Å². The molecule has 0 aromatic heterocycles. The predicted molar refractivity (Wildman–Crippen MR) is 123 cm³/mol. The molecule has 2 aliphatic rings. The maximum absolute atomic E-state index is 13.0. The molecule has 4 nitrogen and oxygen atoms in total. The van der Waals surface area contributed by atoms with Crippen molar-refractivity contribution >= 4 is 17.6 Å². The Bertz CT molecular complexity index is 850. The Morgan fingerprint density at radius 1 is 0.968 bits per heavy atom. The largest absolute Gasteiger partial charge is 0.334 e. The van der Waals surface area contributed by atoms with Gasteiger partial charge in [-0.05, 0) is 92.9 Å². The maximum Gasteiger partial charge on any atom is 0.315 e. The number of nitrogens with one attached hydrogen (secondary N) is 2. The van der Waals surface area contributed by atoms with Gasteiger partial charge in [-0.1, -0.05) is 35.9 Å². The summed E-state index contributed by atoms with van der Waals surface area (Å²) in [5, 5.41) is 6.88. The summed E-state index contributed by atoms with van der Waals surface area (Å²) >= 11 is 6.00. The number of benzene rings is 2. The van der Waals surface area contributed by atoms with Crippen molar-refractivity contribution in [2.75, 3.05) is 13.1 Å². The zero-order valence-corrected chi connectivity index (χ0v) is 18.6. The molecule has 166 valence electrons. The number of nitrogens with zero attached hydrogens (tertiary/aromatic N) is 1. The minimum atomic E-state index is -0.265. The smallest absolute Gasteiger partial charge is 0.315 e. The first-order valence-corrected chi connectivity index (χ1v) is 11.7. The molecule has 6 heteroatoms. The number of piperidine rings is 1. The first kappa shape index (κ1) is 22.1. The third-order valence-electron chi connectivity index (χ3n) is 6.72. The molecule has 0 unspecified atom stereocenters. The van der Waals surface area contributed by atoms with Gasteiger partial charge in [0.2, 0.25) is 0 Å². The highest BCUT2D eigenvalue weighted by Crippen LogP contribution is 2.30. The molecule has 1 saturated heterocycles. The summed E-state index contributed by atoms with van der Waals surface area (Å²) in [6.45, 7) is 2.59. The fourth-order valence-corrected chi connectivity index (χ4v) is 5.12. The highest BCUT2D eigenvalue weighted by atomic mass is 35.5. The van der Waals surface area contributed by atoms with E-state index in [1.165, 1.54) is 30.5 Å². The van der Waals surface area contributed by atoms with Gasteiger partial charge in [0.1, 0.15) is 5.82 Å². The Balaban J connectivity index is 1.22. The Morgan fingerprint density at radius 2 is 1.65 bits per heavy atom. The summed E-state index contributed by atoms with van der Waals surface area (Å²) in [6, 6.07) is 14.9. The van der Waals surface area contributed by atoms with Crippen LogP contribution < -0.4 is 10.6 Å². The van der Waals surface area contributed by atoms with Gasteiger partial charge in [-0.3, -0.25) is 4.90 Å². The fourth-order valence-electron chi connectivity index (χ4n) is 4.99. The molecule has 0 bridgehead atoms. The van der Waals surface area contributed by atoms with Crippen molar-refractivity contribution < 1.29 is 9.18 Å². The summed E-state index contributed by atoms with van der Waals surface area (Å²) in [7, 11) is 0. The molecule has 2 atom stereocenters. The van der Waals surface area contributed by atoms with E-state index in [2.05, 4.69) is 27.7 Å². The van der Waals surface area contributed by atoms with Crippen LogP contribution in [0, 0.1) is 11.7 Å². The van der Waals surface area contributed by atoms with Gasteiger partial charge in [0.05, 0.1) is 0 Å². The van der Waals surface area contributed by atoms with Crippen LogP contribution in [0.25, 0.3) is 0 Å². The lowest BCUT2D eigenvalue weighted by molar-refractivity contribution is 0.118. The lowest BCUT2D eigenvalue weighted by atomic mass is 9.89. The Hall–Kier alpha value is -2.11. The summed E-state index contributed by atoms with van der Waals surface area (Å²) in [6.07, 6.45) is 6.83. The third-order valence-corrected chi connectivity index (χ3v) is 6.97. The second-order valence-corrected chi connectivity index (χ2v) is 9.30. The zero-order chi connectivity index (χ0) is 21.6. The van der Waals surface area contributed by atoms with Crippen LogP contribution in [-0.4, -0.2) is 36.1 Å². The second-order valence-electron chi connectivity index (χ2n) is 8.87. The van der Waals surface area contributed by atoms with Crippen molar-refractivity contribution in [3.05, 3.63) is 70.5 Å². The van der Waals surface area contributed by atoms with E-state index in [4.69, 9.17) is 11.6 Å². The van der Waals surface area contributed by atoms with E-state index in [1.54, 1.807) is 12.1 Å². The fraction of sp³-hybridized carbons (Fsp3) is 0.480. The molecular weight excluding hydrogens is 413 g/mol. The van der Waals surface area contributed by atoms with Crippen molar-refractivity contribution in [2.24, 2.45) is 5.92 Å². The van der Waals surface area contributed by atoms with Gasteiger partial charge < -0.3 is 10.6 Å². The van der Waals surface area contributed by atoms with Crippen LogP contribution in [0.1, 0.15) is 43.2 Å². The Labute approximate surface area is 189 Å². The summed E-state index contributed by atoms with van der Waals surface area (Å²) < 4.78 is 13.0. The molecule has 2 aromatic carbocycles. The van der Waals surface area contributed by atoms with Gasteiger partial charge >= 0.3 is 6.03 Å². The number of carbonyl (C=O) groups is 1. The van der Waals surface area contributed by atoms with Crippen molar-refractivity contribution in [1.82, 2.24) is 15.5 Å². The summed E-state index contributed by atoms with van der Waals surface area (Å²) in [4.78, 5) is 15.0. The van der Waals surface area contributed by atoms with Crippen molar-refractivity contribution in [1.29, 1.82) is 0 Å². The highest BCUT2D eigenvalue weighted by molar-refractivity contribution is 6.30. The maximum atomic E-state index is 13.0. The van der Waals surface area contributed by atoms with E-state index in [9.17, 15) is 9.18 Å². The van der Waals surface area contributed by atoms with Gasteiger partial charge in [-0.15, -0.1) is 0 Å². The molecule has 1 aliphatic carbocycles. The summed E-state index contributed by atoms with van der Waals surface area (Å²) in [5.41, 5.74) is 2.25. The van der Waals surface area contributed by atoms with Gasteiger partial charge in [0.25, 0.3) is 0 Å². The quantitative estimate of drug-likeness (QED) is 0.648. The van der Waals surface area contributed by atoms with Crippen LogP contribution in [0.15, 0.2) is 48.5 Å². The van der Waals surface area contributed by atoms with Crippen molar-refractivity contribution in [3.63, 3.8) is 0 Å². The van der Waals surface area contributed by atoms with E-state index >= 15 is 0 Å². The molecule has 2 N–H and O–H groups in total. The number of rotatable bonds is 6. The SMILES string of the molecule is O=C(NCc1ccc(F)cc1)N[C@@H]1CCC[C@H]1N1CCC(Cc2ccc(Cl)cc2)CC1. The minimum absolute atomic E-state index is 0.140. The topological polar surface area (TPSA) is 44.4 Å². The summed E-state index contributed by atoms with van der Waals surface area (Å²) in [5.74, 6) is 0.447. The monoisotopic (exact) mass is 443 g/mol. The number of carbonyl (C=O) groups excluding carboxylic acids is 1. The van der Waals surface area contributed by atoms with E-state index in [1.807, 2.05) is 12.1 Å². The molecule has 2 fully saturated rings. The zero-order valence-electron chi connectivity index (χ0n) is 17.8. The number of hydrogen-bond donors (Lipinski definition) is 2. The first-order chi connectivity index (χ1) is 15.1. The first-order valence-electron chi connectivity index (χ1n) is 11.3. The number of halogens is 2. The molecule has 0 spiro atoms. The third kappa shape index (κ3) is 6.20. The van der Waals surface area contributed by atoms with Crippen LogP contribution in [0.3, 0.4) is 0 Å². The molecule has 2 aromatic rings. The number of hydrogen-bond acceptors (Lipinski definition) is 2. The molecule has 4 rings (SSSR count). The van der Waals surface area contributed by atoms with Crippen LogP contribution in [0.5, 0.6) is 0 Å². The van der Waals surface area contributed by atoms with Crippen molar-refractivity contribution in [3.8, 4) is 0 Å². The average Bonchev–Trinajstić information content (AvgIpc) is 3.23. The highest BCUT2D eigenvalue weighted by Gasteiger charge is 2.34. The standard InChI is InChI=1S/C25H31ClFN3O/c26-21-8-4-18(5-9-21)16-19-12-14-30(15-13-19)24-3-1-2-23(24)29-25(31)28-17-20-6-10-22(27)11-7-20/h4-11,19,23-24H,1-3,12-17H2,(H2,28,29,31)/t23-,24-/m1/s1. The van der Waals surface area contributed by atoms with Crippen molar-refractivity contribution in [2.45, 2.75) is 57.2 Å². The van der Waals surface area contributed by atoms with Gasteiger partial charge in [-0.25, -0.2) is 9.18 Å². The number of amides is 2. The van der Waals surface area contributed by atoms with Crippen LogP contribution >= 0.6 is 11.6 Å². The van der Waals surface area contributed by atoms with Gasteiger partial charge in [-0.2, -0.15) is 0 Å².